The minimum Gasteiger partial charge on any atom is -0.460 e. The molecule has 4 nitrogen and oxygen atoms in total. The molecule has 0 N–H and O–H groups in total. The molecule has 1 heterocycles. The second-order valence-corrected chi connectivity index (χ2v) is 4.24. The molecule has 0 aliphatic heterocycles. The van der Waals surface area contributed by atoms with Gasteiger partial charge in [0.25, 0.3) is 0 Å². The van der Waals surface area contributed by atoms with Gasteiger partial charge in [0.15, 0.2) is 0 Å². The Morgan fingerprint density at radius 1 is 1.45 bits per heavy atom. The first-order chi connectivity index (χ1) is 9.63. The van der Waals surface area contributed by atoms with Gasteiger partial charge in [0.2, 0.25) is 5.76 Å². The summed E-state index contributed by atoms with van der Waals surface area (Å²) in [6, 6.07) is 1.61. The molecule has 0 fully saturated rings. The number of rotatable bonds is 7. The summed E-state index contributed by atoms with van der Waals surface area (Å²) in [6.45, 7) is 7.55. The maximum absolute atomic E-state index is 12.0. The summed E-state index contributed by atoms with van der Waals surface area (Å²) >= 11 is 0. The van der Waals surface area contributed by atoms with Gasteiger partial charge in [0, 0.05) is 5.56 Å². The van der Waals surface area contributed by atoms with E-state index in [0.717, 1.165) is 18.4 Å². The number of esters is 1. The summed E-state index contributed by atoms with van der Waals surface area (Å²) in [5.74, 6) is -0.633. The lowest BCUT2D eigenvalue weighted by Crippen LogP contribution is -2.16. The van der Waals surface area contributed by atoms with Crippen molar-refractivity contribution in [1.29, 1.82) is 0 Å². The molecule has 0 aliphatic rings. The van der Waals surface area contributed by atoms with E-state index in [4.69, 9.17) is 9.15 Å². The van der Waals surface area contributed by atoms with Gasteiger partial charge < -0.3 is 9.15 Å². The molecule has 0 aliphatic carbocycles. The van der Waals surface area contributed by atoms with Gasteiger partial charge in [-0.1, -0.05) is 38.2 Å². The minimum absolute atomic E-state index is 0.0308. The molecule has 108 valence electrons. The maximum Gasteiger partial charge on any atom is 0.374 e. The summed E-state index contributed by atoms with van der Waals surface area (Å²) in [7, 11) is 0. The Labute approximate surface area is 118 Å². The predicted molar refractivity (Wildman–Crippen MR) is 78.0 cm³/mol. The Balaban J connectivity index is 3.17. The first-order valence-electron chi connectivity index (χ1n) is 6.74. The first-order valence-corrected chi connectivity index (χ1v) is 6.74. The molecule has 0 saturated carbocycles. The molecule has 0 amide bonds. The van der Waals surface area contributed by atoms with Crippen LogP contribution in [0.5, 0.6) is 0 Å². The Morgan fingerprint density at radius 2 is 2.20 bits per heavy atom. The third kappa shape index (κ3) is 4.23. The fourth-order valence-corrected chi connectivity index (χ4v) is 1.86. The quantitative estimate of drug-likeness (QED) is 0.567. The second kappa shape index (κ2) is 8.15. The number of carbonyl (C=O) groups excluding carboxylic acids is 1. The zero-order valence-corrected chi connectivity index (χ0v) is 12.0. The fraction of sp³-hybridized carbons (Fsp3) is 0.375. The molecule has 1 aromatic heterocycles. The van der Waals surface area contributed by atoms with E-state index in [1.54, 1.807) is 25.1 Å². The summed E-state index contributed by atoms with van der Waals surface area (Å²) in [4.78, 5) is 23.6. The third-order valence-corrected chi connectivity index (χ3v) is 2.73. The van der Waals surface area contributed by atoms with Gasteiger partial charge >= 0.3 is 11.6 Å². The molecular weight excluding hydrogens is 256 g/mol. The van der Waals surface area contributed by atoms with Gasteiger partial charge in [-0.3, -0.25) is 0 Å². The van der Waals surface area contributed by atoms with Crippen molar-refractivity contribution in [2.45, 2.75) is 33.1 Å². The van der Waals surface area contributed by atoms with Gasteiger partial charge in [-0.05, 0) is 31.4 Å². The number of hydrogen-bond donors (Lipinski definition) is 0. The van der Waals surface area contributed by atoms with Crippen LogP contribution in [0.25, 0.3) is 0 Å². The van der Waals surface area contributed by atoms with Crippen molar-refractivity contribution in [3.8, 4) is 0 Å². The molecule has 4 heteroatoms. The Hall–Kier alpha value is -2.10. The SMILES string of the molecule is C=CC=CCc1c(CCC)cc(C(=O)OCC)oc1=O. The van der Waals surface area contributed by atoms with Crippen molar-refractivity contribution >= 4 is 5.97 Å². The van der Waals surface area contributed by atoms with Crippen LogP contribution in [0.2, 0.25) is 0 Å². The van der Waals surface area contributed by atoms with Crippen LogP contribution in [-0.4, -0.2) is 12.6 Å². The average Bonchev–Trinajstić information content (AvgIpc) is 2.42. The van der Waals surface area contributed by atoms with E-state index in [-0.39, 0.29) is 12.4 Å². The number of ether oxygens (including phenoxy) is 1. The zero-order valence-electron chi connectivity index (χ0n) is 12.0. The molecule has 1 rings (SSSR count). The molecule has 1 aromatic rings. The van der Waals surface area contributed by atoms with Crippen molar-refractivity contribution in [3.63, 3.8) is 0 Å². The number of allylic oxidation sites excluding steroid dienone is 3. The summed E-state index contributed by atoms with van der Waals surface area (Å²) in [6.07, 6.45) is 7.32. The Bertz CT molecular complexity index is 552. The molecule has 0 unspecified atom stereocenters. The second-order valence-electron chi connectivity index (χ2n) is 4.24. The van der Waals surface area contributed by atoms with Gasteiger partial charge in [0.05, 0.1) is 6.61 Å². The van der Waals surface area contributed by atoms with Gasteiger partial charge in [0.1, 0.15) is 0 Å². The normalized spacial score (nSPS) is 10.7. The lowest BCUT2D eigenvalue weighted by atomic mass is 10.0. The van der Waals surface area contributed by atoms with Crippen LogP contribution in [0.3, 0.4) is 0 Å². The fourth-order valence-electron chi connectivity index (χ4n) is 1.86. The van der Waals surface area contributed by atoms with Crippen molar-refractivity contribution in [2.75, 3.05) is 6.61 Å². The van der Waals surface area contributed by atoms with Crippen molar-refractivity contribution in [1.82, 2.24) is 0 Å². The summed E-state index contributed by atoms with van der Waals surface area (Å²) in [5, 5.41) is 0. The molecule has 0 atom stereocenters. The molecule has 0 spiro atoms. The van der Waals surface area contributed by atoms with E-state index < -0.39 is 11.6 Å². The number of carbonyl (C=O) groups is 1. The van der Waals surface area contributed by atoms with Crippen LogP contribution < -0.4 is 5.63 Å². The highest BCUT2D eigenvalue weighted by Gasteiger charge is 2.16. The topological polar surface area (TPSA) is 56.5 Å². The minimum atomic E-state index is -0.602. The molecule has 0 aromatic carbocycles. The van der Waals surface area contributed by atoms with Crippen LogP contribution in [-0.2, 0) is 17.6 Å². The smallest absolute Gasteiger partial charge is 0.374 e. The van der Waals surface area contributed by atoms with Crippen molar-refractivity contribution < 1.29 is 13.9 Å². The molecule has 0 radical (unpaired) electrons. The summed E-state index contributed by atoms with van der Waals surface area (Å²) in [5.41, 5.74) is 0.936. The van der Waals surface area contributed by atoms with E-state index >= 15 is 0 Å². The highest BCUT2D eigenvalue weighted by atomic mass is 16.5. The first kappa shape index (κ1) is 16.0. The monoisotopic (exact) mass is 276 g/mol. The lowest BCUT2D eigenvalue weighted by molar-refractivity contribution is 0.0484. The maximum atomic E-state index is 12.0. The molecule has 20 heavy (non-hydrogen) atoms. The number of aryl methyl sites for hydroxylation is 1. The van der Waals surface area contributed by atoms with E-state index in [9.17, 15) is 9.59 Å². The lowest BCUT2D eigenvalue weighted by Gasteiger charge is -2.07. The van der Waals surface area contributed by atoms with Crippen LogP contribution in [0.4, 0.5) is 0 Å². The molecular formula is C16H20O4. The summed E-state index contributed by atoms with van der Waals surface area (Å²) < 4.78 is 9.91. The largest absolute Gasteiger partial charge is 0.460 e. The van der Waals surface area contributed by atoms with E-state index in [0.29, 0.717) is 12.0 Å². The Kier molecular flexibility index (Phi) is 6.50. The highest BCUT2D eigenvalue weighted by Crippen LogP contribution is 2.13. The van der Waals surface area contributed by atoms with Crippen LogP contribution >= 0.6 is 0 Å². The van der Waals surface area contributed by atoms with Crippen molar-refractivity contribution in [3.05, 3.63) is 58.2 Å². The standard InChI is InChI=1S/C16H20O4/c1-4-7-8-10-13-12(9-5-2)11-14(20-15(13)17)16(18)19-6-3/h4,7-8,11H,1,5-6,9-10H2,2-3H3. The molecule has 0 saturated heterocycles. The third-order valence-electron chi connectivity index (χ3n) is 2.73. The van der Waals surface area contributed by atoms with Crippen LogP contribution in [0.1, 0.15) is 41.9 Å². The number of hydrogen-bond acceptors (Lipinski definition) is 4. The highest BCUT2D eigenvalue weighted by molar-refractivity contribution is 5.86. The molecule has 0 bridgehead atoms. The predicted octanol–water partition coefficient (Wildman–Crippen LogP) is 3.05. The van der Waals surface area contributed by atoms with Gasteiger partial charge in [-0.15, -0.1) is 0 Å². The van der Waals surface area contributed by atoms with E-state index in [2.05, 4.69) is 6.58 Å². The average molecular weight is 276 g/mol. The zero-order chi connectivity index (χ0) is 15.0. The van der Waals surface area contributed by atoms with Gasteiger partial charge in [-0.2, -0.15) is 0 Å². The van der Waals surface area contributed by atoms with Gasteiger partial charge in [-0.25, -0.2) is 9.59 Å². The van der Waals surface area contributed by atoms with Crippen molar-refractivity contribution in [2.24, 2.45) is 0 Å². The van der Waals surface area contributed by atoms with Crippen LogP contribution in [0, 0.1) is 0 Å². The van der Waals surface area contributed by atoms with E-state index in [1.165, 1.54) is 0 Å². The van der Waals surface area contributed by atoms with E-state index in [1.807, 2.05) is 13.0 Å². The Morgan fingerprint density at radius 3 is 2.80 bits per heavy atom. The van der Waals surface area contributed by atoms with Crippen LogP contribution in [0.15, 0.2) is 40.1 Å².